The molecule has 5 atom stereocenters. The van der Waals surface area contributed by atoms with Gasteiger partial charge >= 0.3 is 6.08 Å². The number of sulfonamides is 1. The predicted molar refractivity (Wildman–Crippen MR) is 179 cm³/mol. The lowest BCUT2D eigenvalue weighted by Gasteiger charge is -2.29. The van der Waals surface area contributed by atoms with Crippen LogP contribution in [-0.2, 0) is 30.8 Å². The number of para-hydroxylation sites is 2. The Bertz CT molecular complexity index is 1870. The summed E-state index contributed by atoms with van der Waals surface area (Å²) < 4.78 is 53.6. The van der Waals surface area contributed by atoms with Crippen LogP contribution >= 0.6 is 0 Å². The Hall–Kier alpha value is -4.06. The fraction of sp³-hybridized carbons (Fsp3) is 0.514. The molecule has 2 saturated carbocycles. The van der Waals surface area contributed by atoms with Crippen LogP contribution in [0.25, 0.3) is 11.1 Å². The Morgan fingerprint density at radius 3 is 2.71 bits per heavy atom. The number of benzene rings is 2. The van der Waals surface area contributed by atoms with Gasteiger partial charge in [-0.15, -0.1) is 0 Å². The van der Waals surface area contributed by atoms with E-state index < -0.39 is 44.2 Å². The molecule has 3 heterocycles. The fourth-order valence-corrected chi connectivity index (χ4v) is 8.75. The smallest absolute Gasteiger partial charge is 0.394 e. The molecule has 0 radical (unpaired) electrons. The van der Waals surface area contributed by atoms with Gasteiger partial charge in [0.2, 0.25) is 21.8 Å². The number of halogens is 1. The van der Waals surface area contributed by atoms with E-state index in [1.807, 2.05) is 24.3 Å². The van der Waals surface area contributed by atoms with Crippen LogP contribution in [0, 0.1) is 23.1 Å². The van der Waals surface area contributed by atoms with Gasteiger partial charge in [-0.25, -0.2) is 12.8 Å². The van der Waals surface area contributed by atoms with Gasteiger partial charge in [-0.2, -0.15) is 4.98 Å². The molecule has 3 fully saturated rings. The average Bonchev–Trinajstić information content (AvgIpc) is 3.87. The molecule has 2 aliphatic heterocycles. The Kier molecular flexibility index (Phi) is 8.87. The molecule has 3 aromatic rings. The highest BCUT2D eigenvalue weighted by Crippen LogP contribution is 2.57. The minimum absolute atomic E-state index is 0.0344. The molecule has 1 aromatic heterocycles. The zero-order chi connectivity index (χ0) is 34.4. The summed E-state index contributed by atoms with van der Waals surface area (Å²) in [5.74, 6) is -2.38. The van der Waals surface area contributed by atoms with Gasteiger partial charge in [-0.3, -0.25) is 19.1 Å². The number of rotatable bonds is 7. The number of aromatic nitrogens is 1. The summed E-state index contributed by atoms with van der Waals surface area (Å²) in [6.07, 6.45) is 8.80. The number of carbonyl (C=O) groups is 3. The van der Waals surface area contributed by atoms with Crippen molar-refractivity contribution in [2.24, 2.45) is 17.3 Å². The number of Topliss-reactive ketones (excluding diaryl/α,β-unsaturated/α-hetero) is 1. The Labute approximate surface area is 285 Å². The van der Waals surface area contributed by atoms with Gasteiger partial charge in [0.25, 0.3) is 0 Å². The van der Waals surface area contributed by atoms with Gasteiger partial charge in [0.05, 0.1) is 22.7 Å². The highest BCUT2D eigenvalue weighted by molar-refractivity contribution is 7.91. The molecule has 7 rings (SSSR count). The number of amides is 2. The maximum absolute atomic E-state index is 14.5. The first-order chi connectivity index (χ1) is 23.5. The van der Waals surface area contributed by atoms with Crippen LogP contribution in [0.2, 0.25) is 0 Å². The van der Waals surface area contributed by atoms with Gasteiger partial charge in [0, 0.05) is 18.8 Å². The van der Waals surface area contributed by atoms with Crippen LogP contribution in [-0.4, -0.2) is 59.3 Å². The topological polar surface area (TPSA) is 136 Å². The number of carbonyl (C=O) groups excluding carboxylic acids is 3. The Balaban J connectivity index is 1.18. The summed E-state index contributed by atoms with van der Waals surface area (Å²) in [7, 11) is -3.91. The van der Waals surface area contributed by atoms with Crippen molar-refractivity contribution in [1.29, 1.82) is 0 Å². The van der Waals surface area contributed by atoms with E-state index in [0.29, 0.717) is 48.8 Å². The van der Waals surface area contributed by atoms with Gasteiger partial charge in [0.1, 0.15) is 17.4 Å². The van der Waals surface area contributed by atoms with E-state index in [4.69, 9.17) is 9.15 Å². The zero-order valence-corrected chi connectivity index (χ0v) is 28.4. The van der Waals surface area contributed by atoms with E-state index in [-0.39, 0.29) is 48.9 Å². The van der Waals surface area contributed by atoms with E-state index in [2.05, 4.69) is 9.71 Å². The summed E-state index contributed by atoms with van der Waals surface area (Å²) in [6.45, 7) is 1.72. The first-order valence-electron chi connectivity index (χ1n) is 17.3. The Morgan fingerprint density at radius 1 is 1.12 bits per heavy atom. The highest BCUT2D eigenvalue weighted by Gasteiger charge is 2.62. The minimum Gasteiger partial charge on any atom is -0.445 e. The summed E-state index contributed by atoms with van der Waals surface area (Å²) in [6, 6.07) is 12.5. The molecule has 10 nitrogen and oxygen atoms in total. The second-order valence-corrected chi connectivity index (χ2v) is 16.7. The molecule has 2 aromatic carbocycles. The van der Waals surface area contributed by atoms with Gasteiger partial charge in [-0.05, 0) is 87.6 Å². The van der Waals surface area contributed by atoms with Crippen LogP contribution in [0.1, 0.15) is 76.7 Å². The molecular formula is C37H42FN3O7S. The van der Waals surface area contributed by atoms with Crippen molar-refractivity contribution >= 4 is 38.7 Å². The number of oxazole rings is 1. The molecule has 4 aliphatic rings. The van der Waals surface area contributed by atoms with Gasteiger partial charge in [-0.1, -0.05) is 49.3 Å². The first kappa shape index (κ1) is 33.4. The Morgan fingerprint density at radius 2 is 1.94 bits per heavy atom. The lowest BCUT2D eigenvalue weighted by atomic mass is 9.90. The van der Waals surface area contributed by atoms with E-state index in [1.165, 1.54) is 12.1 Å². The normalized spacial score (nSPS) is 29.3. The molecular weight excluding hydrogens is 649 g/mol. The van der Waals surface area contributed by atoms with Gasteiger partial charge in [0.15, 0.2) is 11.4 Å². The number of allylic oxidation sites excluding steroid dienone is 2. The number of ketones is 1. The quantitative estimate of drug-likeness (QED) is 0.314. The number of fused-ring (bicyclic) bond motifs is 3. The third-order valence-corrected chi connectivity index (χ3v) is 13.0. The lowest BCUT2D eigenvalue weighted by Crippen LogP contribution is -2.47. The number of nitrogens with zero attached hydrogens (tertiary/aromatic N) is 2. The predicted octanol–water partition coefficient (Wildman–Crippen LogP) is 5.66. The second-order valence-electron chi connectivity index (χ2n) is 14.5. The second kappa shape index (κ2) is 13.0. The first-order valence-corrected chi connectivity index (χ1v) is 18.8. The third kappa shape index (κ3) is 6.89. The van der Waals surface area contributed by atoms with E-state index >= 15 is 0 Å². The molecule has 2 aliphatic carbocycles. The molecule has 0 bridgehead atoms. The van der Waals surface area contributed by atoms with Crippen molar-refractivity contribution in [1.82, 2.24) is 14.6 Å². The number of hydrogen-bond acceptors (Lipinski definition) is 8. The lowest BCUT2D eigenvalue weighted by molar-refractivity contribution is -0.142. The molecule has 0 spiro atoms. The van der Waals surface area contributed by atoms with Crippen LogP contribution in [0.15, 0.2) is 65.1 Å². The molecule has 12 heteroatoms. The molecule has 260 valence electrons. The SMILES string of the molecule is CC1(S(=O)(=O)NC(=O)[C@]23CC(=O)[C@@H]4C[C@@H](Oc5nc6ccccc6o5)CN4C(=O)[C@@H](Cc4cccc(F)c4)CCCCC/C=C\[C@H]2C3)CC1. The molecule has 2 amide bonds. The van der Waals surface area contributed by atoms with Crippen LogP contribution in [0.4, 0.5) is 4.39 Å². The summed E-state index contributed by atoms with van der Waals surface area (Å²) in [5, 5.41) is 0. The maximum atomic E-state index is 14.5. The van der Waals surface area contributed by atoms with Crippen molar-refractivity contribution in [3.63, 3.8) is 0 Å². The van der Waals surface area contributed by atoms with Crippen LogP contribution in [0.5, 0.6) is 6.08 Å². The van der Waals surface area contributed by atoms with Crippen molar-refractivity contribution in [2.75, 3.05) is 6.54 Å². The van der Waals surface area contributed by atoms with Crippen molar-refractivity contribution in [3.05, 3.63) is 72.1 Å². The van der Waals surface area contributed by atoms with E-state index in [1.54, 1.807) is 36.1 Å². The zero-order valence-electron chi connectivity index (χ0n) is 27.6. The maximum Gasteiger partial charge on any atom is 0.394 e. The van der Waals surface area contributed by atoms with Crippen molar-refractivity contribution in [2.45, 2.75) is 94.4 Å². The average molecular weight is 692 g/mol. The van der Waals surface area contributed by atoms with E-state index in [9.17, 15) is 27.2 Å². The largest absolute Gasteiger partial charge is 0.445 e. The minimum atomic E-state index is -3.91. The number of hydrogen-bond donors (Lipinski definition) is 1. The standard InChI is InChI=1S/C37H42FN3O7S/c1-36(16-17-36)49(45,46)40-34(44)37-21-26(37)12-6-4-2-3-5-11-25(18-24-10-9-13-27(38)19-24)33(43)41-23-28(20-30(41)31(42)22-37)47-35-39-29-14-7-8-15-32(29)48-35/h6-10,12-15,19,25-26,28,30H,2-5,11,16-18,20-23H2,1H3,(H,40,44)/b12-6-/t25-,26+,28-,30+,37-/m1/s1. The fourth-order valence-electron chi connectivity index (χ4n) is 7.41. The summed E-state index contributed by atoms with van der Waals surface area (Å²) in [5.41, 5.74) is 0.635. The van der Waals surface area contributed by atoms with E-state index in [0.717, 1.165) is 25.7 Å². The molecule has 49 heavy (non-hydrogen) atoms. The van der Waals surface area contributed by atoms with Crippen molar-refractivity contribution < 1.29 is 36.3 Å². The summed E-state index contributed by atoms with van der Waals surface area (Å²) >= 11 is 0. The molecule has 1 N–H and O–H groups in total. The van der Waals surface area contributed by atoms with Gasteiger partial charge < -0.3 is 14.1 Å². The number of nitrogens with one attached hydrogen (secondary N) is 1. The highest BCUT2D eigenvalue weighted by atomic mass is 32.2. The van der Waals surface area contributed by atoms with Crippen molar-refractivity contribution in [3.8, 4) is 6.08 Å². The third-order valence-electron chi connectivity index (χ3n) is 10.9. The number of ether oxygens (including phenoxy) is 1. The van der Waals surface area contributed by atoms with Crippen LogP contribution < -0.4 is 9.46 Å². The van der Waals surface area contributed by atoms with Crippen LogP contribution in [0.3, 0.4) is 0 Å². The monoisotopic (exact) mass is 691 g/mol. The summed E-state index contributed by atoms with van der Waals surface area (Å²) in [4.78, 5) is 48.6. The molecule has 0 unspecified atom stereocenters. The molecule has 1 saturated heterocycles.